The summed E-state index contributed by atoms with van der Waals surface area (Å²) < 4.78 is 7.00. The Morgan fingerprint density at radius 1 is 1.06 bits per heavy atom. The first-order valence-corrected chi connectivity index (χ1v) is 13.4. The predicted octanol–water partition coefficient (Wildman–Crippen LogP) is 4.98. The van der Waals surface area contributed by atoms with E-state index in [-0.39, 0.29) is 5.91 Å². The Morgan fingerprint density at radius 2 is 1.85 bits per heavy atom. The van der Waals surface area contributed by atoms with Crippen LogP contribution in [0.25, 0.3) is 10.2 Å². The van der Waals surface area contributed by atoms with Gasteiger partial charge in [0.05, 0.1) is 16.8 Å². The molecule has 0 atom stereocenters. The fraction of sp³-hybridized carbons (Fsp3) is 0.481. The number of carbonyl (C=O) groups is 1. The third-order valence-corrected chi connectivity index (χ3v) is 7.42. The van der Waals surface area contributed by atoms with Gasteiger partial charge in [-0.05, 0) is 54.8 Å². The Kier molecular flexibility index (Phi) is 8.77. The molecule has 34 heavy (non-hydrogen) atoms. The lowest BCUT2D eigenvalue weighted by Gasteiger charge is -2.34. The number of unbranched alkanes of at least 4 members (excludes halogenated alkanes) is 2. The van der Waals surface area contributed by atoms with Crippen molar-refractivity contribution in [1.29, 1.82) is 0 Å². The molecular weight excluding hydrogens is 444 g/mol. The molecule has 1 aromatic heterocycles. The van der Waals surface area contributed by atoms with Crippen LogP contribution < -0.4 is 15.0 Å². The summed E-state index contributed by atoms with van der Waals surface area (Å²) >= 11 is 1.79. The molecule has 2 aromatic carbocycles. The number of piperazine rings is 1. The number of aryl methyl sites for hydroxylation is 1. The highest BCUT2D eigenvalue weighted by Crippen LogP contribution is 2.30. The van der Waals surface area contributed by atoms with Crippen LogP contribution in [0.2, 0.25) is 0 Å². The van der Waals surface area contributed by atoms with Gasteiger partial charge in [-0.1, -0.05) is 44.1 Å². The molecule has 1 N–H and O–H groups in total. The molecule has 1 aliphatic rings. The number of carbonyl (C=O) groups excluding carboxylic acids is 1. The first kappa shape index (κ1) is 24.5. The van der Waals surface area contributed by atoms with Crippen LogP contribution in [-0.4, -0.2) is 61.7 Å². The van der Waals surface area contributed by atoms with Gasteiger partial charge in [0.15, 0.2) is 5.13 Å². The summed E-state index contributed by atoms with van der Waals surface area (Å²) in [5.41, 5.74) is 3.13. The average molecular weight is 481 g/mol. The number of hydrogen-bond donors (Lipinski definition) is 1. The molecule has 0 unspecified atom stereocenters. The summed E-state index contributed by atoms with van der Waals surface area (Å²) in [6.45, 7) is 10.5. The number of anilines is 1. The van der Waals surface area contributed by atoms with E-state index in [1.54, 1.807) is 11.3 Å². The Morgan fingerprint density at radius 3 is 2.59 bits per heavy atom. The molecule has 4 rings (SSSR count). The van der Waals surface area contributed by atoms with Gasteiger partial charge in [0, 0.05) is 44.8 Å². The van der Waals surface area contributed by atoms with Crippen molar-refractivity contribution in [1.82, 2.24) is 15.2 Å². The predicted molar refractivity (Wildman–Crippen MR) is 141 cm³/mol. The lowest BCUT2D eigenvalue weighted by Crippen LogP contribution is -2.48. The van der Waals surface area contributed by atoms with Crippen molar-refractivity contribution >= 4 is 32.6 Å². The van der Waals surface area contributed by atoms with E-state index in [0.717, 1.165) is 68.6 Å². The van der Waals surface area contributed by atoms with E-state index >= 15 is 0 Å². The Hall–Kier alpha value is -2.64. The molecule has 1 saturated heterocycles. The zero-order valence-electron chi connectivity index (χ0n) is 20.4. The van der Waals surface area contributed by atoms with Gasteiger partial charge >= 0.3 is 0 Å². The Bertz CT molecular complexity index is 1060. The molecule has 0 radical (unpaired) electrons. The van der Waals surface area contributed by atoms with Gasteiger partial charge < -0.3 is 15.0 Å². The number of nitrogens with zero attached hydrogens (tertiary/aromatic N) is 3. The first-order chi connectivity index (χ1) is 16.7. The minimum absolute atomic E-state index is 0.0305. The number of benzene rings is 2. The van der Waals surface area contributed by atoms with E-state index < -0.39 is 0 Å². The smallest absolute Gasteiger partial charge is 0.251 e. The van der Waals surface area contributed by atoms with E-state index in [4.69, 9.17) is 9.72 Å². The number of aromatic nitrogens is 1. The molecule has 0 spiro atoms. The summed E-state index contributed by atoms with van der Waals surface area (Å²) in [7, 11) is 0. The molecule has 182 valence electrons. The molecule has 0 bridgehead atoms. The summed E-state index contributed by atoms with van der Waals surface area (Å²) in [5, 5.41) is 4.17. The maximum atomic E-state index is 12.5. The van der Waals surface area contributed by atoms with Gasteiger partial charge in [-0.2, -0.15) is 0 Å². The van der Waals surface area contributed by atoms with Crippen molar-refractivity contribution in [2.45, 2.75) is 39.5 Å². The van der Waals surface area contributed by atoms with E-state index in [1.807, 2.05) is 24.3 Å². The summed E-state index contributed by atoms with van der Waals surface area (Å²) in [6, 6.07) is 14.0. The second-order valence-corrected chi connectivity index (χ2v) is 9.83. The van der Waals surface area contributed by atoms with Crippen molar-refractivity contribution in [3.05, 3.63) is 53.6 Å². The van der Waals surface area contributed by atoms with Crippen LogP contribution in [0.1, 0.15) is 49.0 Å². The third-order valence-electron chi connectivity index (χ3n) is 6.34. The maximum Gasteiger partial charge on any atom is 0.251 e. The van der Waals surface area contributed by atoms with E-state index in [1.165, 1.54) is 23.1 Å². The Labute approximate surface area is 206 Å². The first-order valence-electron chi connectivity index (χ1n) is 12.5. The molecule has 7 heteroatoms. The highest BCUT2D eigenvalue weighted by Gasteiger charge is 2.20. The van der Waals surface area contributed by atoms with Crippen LogP contribution >= 0.6 is 11.3 Å². The lowest BCUT2D eigenvalue weighted by molar-refractivity contribution is 0.0947. The highest BCUT2D eigenvalue weighted by atomic mass is 32.1. The number of fused-ring (bicyclic) bond motifs is 1. The van der Waals surface area contributed by atoms with Crippen molar-refractivity contribution < 1.29 is 9.53 Å². The minimum Gasteiger partial charge on any atom is -0.494 e. The highest BCUT2D eigenvalue weighted by molar-refractivity contribution is 7.22. The lowest BCUT2D eigenvalue weighted by atomic mass is 10.2. The number of rotatable bonds is 11. The molecule has 6 nitrogen and oxygen atoms in total. The van der Waals surface area contributed by atoms with Crippen LogP contribution in [0.15, 0.2) is 42.5 Å². The third kappa shape index (κ3) is 6.48. The second kappa shape index (κ2) is 12.2. The van der Waals surface area contributed by atoms with E-state index in [2.05, 4.69) is 47.2 Å². The van der Waals surface area contributed by atoms with Crippen molar-refractivity contribution in [3.8, 4) is 5.75 Å². The van der Waals surface area contributed by atoms with Crippen molar-refractivity contribution in [3.63, 3.8) is 0 Å². The van der Waals surface area contributed by atoms with Crippen molar-refractivity contribution in [2.24, 2.45) is 0 Å². The van der Waals surface area contributed by atoms with Gasteiger partial charge in [-0.3, -0.25) is 9.69 Å². The zero-order valence-corrected chi connectivity index (χ0v) is 21.2. The van der Waals surface area contributed by atoms with E-state index in [9.17, 15) is 4.79 Å². The number of amides is 1. The number of thiazole rings is 1. The van der Waals surface area contributed by atoms with Crippen LogP contribution in [0.5, 0.6) is 5.75 Å². The average Bonchev–Trinajstić information content (AvgIpc) is 3.31. The number of nitrogens with one attached hydrogen (secondary N) is 1. The molecular formula is C27H36N4O2S. The fourth-order valence-corrected chi connectivity index (χ4v) is 5.23. The van der Waals surface area contributed by atoms with E-state index in [0.29, 0.717) is 12.1 Å². The quantitative estimate of drug-likeness (QED) is 0.392. The molecule has 1 fully saturated rings. The molecule has 3 aromatic rings. The maximum absolute atomic E-state index is 12.5. The SMILES string of the molecule is CCCCCOc1ccc(C(=O)NCCN2CCN(c3nc4ccc(CC)cc4s3)CC2)cc1. The summed E-state index contributed by atoms with van der Waals surface area (Å²) in [4.78, 5) is 22.1. The fourth-order valence-electron chi connectivity index (χ4n) is 4.15. The topological polar surface area (TPSA) is 57.7 Å². The number of hydrogen-bond acceptors (Lipinski definition) is 6. The van der Waals surface area contributed by atoms with Crippen molar-refractivity contribution in [2.75, 3.05) is 50.8 Å². The van der Waals surface area contributed by atoms with Crippen LogP contribution in [0.4, 0.5) is 5.13 Å². The van der Waals surface area contributed by atoms with Gasteiger partial charge in [0.2, 0.25) is 0 Å². The van der Waals surface area contributed by atoms with Gasteiger partial charge in [0.25, 0.3) is 5.91 Å². The van der Waals surface area contributed by atoms with Crippen LogP contribution in [-0.2, 0) is 6.42 Å². The van der Waals surface area contributed by atoms with Crippen LogP contribution in [0.3, 0.4) is 0 Å². The molecule has 1 aliphatic heterocycles. The Balaban J connectivity index is 1.18. The summed E-state index contributed by atoms with van der Waals surface area (Å²) in [5.74, 6) is 0.793. The van der Waals surface area contributed by atoms with Gasteiger partial charge in [-0.15, -0.1) is 0 Å². The minimum atomic E-state index is -0.0305. The largest absolute Gasteiger partial charge is 0.494 e. The van der Waals surface area contributed by atoms with Gasteiger partial charge in [0.1, 0.15) is 5.75 Å². The monoisotopic (exact) mass is 480 g/mol. The second-order valence-electron chi connectivity index (χ2n) is 8.82. The number of ether oxygens (including phenoxy) is 1. The standard InChI is InChI=1S/C27H36N4O2S/c1-3-5-6-19-33-23-10-8-22(9-11-23)26(32)28-13-14-30-15-17-31(18-16-30)27-29-24-12-7-21(4-2)20-25(24)34-27/h7-12,20H,3-6,13-19H2,1-2H3,(H,28,32). The zero-order chi connectivity index (χ0) is 23.8. The molecule has 2 heterocycles. The van der Waals surface area contributed by atoms with Crippen LogP contribution in [0, 0.1) is 0 Å². The summed E-state index contributed by atoms with van der Waals surface area (Å²) in [6.07, 6.45) is 4.48. The molecule has 0 aliphatic carbocycles. The molecule has 0 saturated carbocycles. The normalized spacial score (nSPS) is 14.5. The van der Waals surface area contributed by atoms with Gasteiger partial charge in [-0.25, -0.2) is 4.98 Å². The molecule has 1 amide bonds.